The average molecular weight is 397 g/mol. The highest BCUT2D eigenvalue weighted by atomic mass is 16.7. The van der Waals surface area contributed by atoms with Gasteiger partial charge >= 0.3 is 19.1 Å². The van der Waals surface area contributed by atoms with Crippen molar-refractivity contribution in [3.8, 4) is 5.75 Å². The number of hydrogen-bond donors (Lipinski definition) is 2. The molecular weight excluding hydrogens is 377 g/mol. The first kappa shape index (κ1) is 20.4. The molecule has 1 heterocycles. The Balaban J connectivity index is 1.63. The first-order valence-corrected chi connectivity index (χ1v) is 9.15. The topological polar surface area (TPSA) is 111 Å². The second-order valence-electron chi connectivity index (χ2n) is 6.38. The molecule has 1 aliphatic heterocycles. The van der Waals surface area contributed by atoms with E-state index in [2.05, 4.69) is 5.32 Å². The van der Waals surface area contributed by atoms with Crippen molar-refractivity contribution in [3.05, 3.63) is 65.2 Å². The number of carbonyl (C=O) groups is 3. The lowest BCUT2D eigenvalue weighted by Crippen LogP contribution is -2.53. The van der Waals surface area contributed by atoms with Crippen LogP contribution in [0.1, 0.15) is 39.6 Å². The lowest BCUT2D eigenvalue weighted by Gasteiger charge is -2.29. The average Bonchev–Trinajstić information content (AvgIpc) is 2.74. The molecular formula is C20H20BNO7. The smallest absolute Gasteiger partial charge is 0.534 e. The van der Waals surface area contributed by atoms with Gasteiger partial charge in [0.2, 0.25) is 12.7 Å². The number of fused-ring (bicyclic) bond motifs is 1. The van der Waals surface area contributed by atoms with Crippen LogP contribution < -0.4 is 9.97 Å². The monoisotopic (exact) mass is 397 g/mol. The van der Waals surface area contributed by atoms with Crippen LogP contribution in [0, 0.1) is 0 Å². The van der Waals surface area contributed by atoms with E-state index in [-0.39, 0.29) is 23.6 Å². The Labute approximate surface area is 167 Å². The summed E-state index contributed by atoms with van der Waals surface area (Å²) in [6, 6.07) is 13.2. The van der Waals surface area contributed by atoms with Gasteiger partial charge in [-0.15, -0.1) is 0 Å². The first-order chi connectivity index (χ1) is 14.0. The fourth-order valence-corrected chi connectivity index (χ4v) is 2.89. The molecule has 2 aromatic carbocycles. The van der Waals surface area contributed by atoms with Gasteiger partial charge in [-0.25, -0.2) is 9.59 Å². The Hall–Kier alpha value is -3.33. The molecule has 0 bridgehead atoms. The van der Waals surface area contributed by atoms with Crippen LogP contribution >= 0.6 is 0 Å². The van der Waals surface area contributed by atoms with Gasteiger partial charge in [0, 0.05) is 6.42 Å². The van der Waals surface area contributed by atoms with E-state index in [1.165, 1.54) is 6.07 Å². The second kappa shape index (κ2) is 9.25. The largest absolute Gasteiger partial charge is 0.547 e. The molecule has 2 aromatic rings. The summed E-state index contributed by atoms with van der Waals surface area (Å²) in [7, 11) is -1.30. The molecule has 0 unspecified atom stereocenters. The number of esters is 2. The van der Waals surface area contributed by atoms with Crippen molar-refractivity contribution in [1.29, 1.82) is 0 Å². The fraction of sp³-hybridized carbons (Fsp3) is 0.250. The summed E-state index contributed by atoms with van der Waals surface area (Å²) in [6.07, 6.45) is 0.580. The predicted octanol–water partition coefficient (Wildman–Crippen LogP) is 1.51. The molecule has 29 heavy (non-hydrogen) atoms. The summed E-state index contributed by atoms with van der Waals surface area (Å²) < 4.78 is 15.4. The van der Waals surface area contributed by atoms with Crippen molar-refractivity contribution in [3.63, 3.8) is 0 Å². The van der Waals surface area contributed by atoms with E-state index >= 15 is 0 Å². The second-order valence-corrected chi connectivity index (χ2v) is 6.38. The molecule has 1 atom stereocenters. The third-order valence-corrected chi connectivity index (χ3v) is 4.40. The lowest BCUT2D eigenvalue weighted by atomic mass is 9.72. The van der Waals surface area contributed by atoms with E-state index in [1.807, 2.05) is 0 Å². The molecule has 1 aliphatic rings. The van der Waals surface area contributed by atoms with Gasteiger partial charge in [0.05, 0.1) is 11.5 Å². The normalized spacial score (nSPS) is 15.0. The van der Waals surface area contributed by atoms with Crippen LogP contribution in [0.15, 0.2) is 48.5 Å². The zero-order chi connectivity index (χ0) is 20.8. The zero-order valence-electron chi connectivity index (χ0n) is 15.8. The standard InChI is InChI=1S/C20H20BNO7/c1-2-17(23)22-16-11-14-9-6-10-15(18(14)29-21(16)26)20(25)28-12-27-19(24)13-7-4-3-5-8-13/h3-10,16,26H,2,11-12H2,1H3,(H,22,23)/t16-/m0/s1. The van der Waals surface area contributed by atoms with Crippen LogP contribution in [0.4, 0.5) is 0 Å². The third-order valence-electron chi connectivity index (χ3n) is 4.40. The van der Waals surface area contributed by atoms with Gasteiger partial charge in [-0.05, 0) is 30.2 Å². The Kier molecular flexibility index (Phi) is 6.51. The Bertz CT molecular complexity index is 903. The van der Waals surface area contributed by atoms with Gasteiger partial charge in [0.1, 0.15) is 11.3 Å². The maximum atomic E-state index is 12.4. The van der Waals surface area contributed by atoms with Gasteiger partial charge in [-0.1, -0.05) is 37.3 Å². The van der Waals surface area contributed by atoms with Gasteiger partial charge in [-0.3, -0.25) is 4.79 Å². The molecule has 0 aliphatic carbocycles. The Morgan fingerprint density at radius 3 is 2.55 bits per heavy atom. The number of amides is 1. The highest BCUT2D eigenvalue weighted by Gasteiger charge is 2.37. The molecule has 0 fully saturated rings. The number of para-hydroxylation sites is 1. The highest BCUT2D eigenvalue weighted by Crippen LogP contribution is 2.30. The molecule has 1 amide bonds. The number of benzene rings is 2. The number of ether oxygens (including phenoxy) is 2. The predicted molar refractivity (Wildman–Crippen MR) is 103 cm³/mol. The summed E-state index contributed by atoms with van der Waals surface area (Å²) in [6.45, 7) is 1.14. The van der Waals surface area contributed by atoms with Crippen molar-refractivity contribution < 1.29 is 33.5 Å². The maximum Gasteiger partial charge on any atom is 0.547 e. The van der Waals surface area contributed by atoms with Crippen molar-refractivity contribution in [2.24, 2.45) is 0 Å². The van der Waals surface area contributed by atoms with Crippen LogP contribution in [0.5, 0.6) is 5.75 Å². The lowest BCUT2D eigenvalue weighted by molar-refractivity contribution is -0.121. The van der Waals surface area contributed by atoms with E-state index in [9.17, 15) is 19.4 Å². The van der Waals surface area contributed by atoms with Crippen LogP contribution in [-0.4, -0.2) is 42.7 Å². The van der Waals surface area contributed by atoms with E-state index in [0.29, 0.717) is 17.5 Å². The van der Waals surface area contributed by atoms with Crippen LogP contribution in [0.25, 0.3) is 0 Å². The molecule has 9 heteroatoms. The van der Waals surface area contributed by atoms with E-state index in [0.717, 1.165) is 0 Å². The molecule has 0 saturated carbocycles. The molecule has 2 N–H and O–H groups in total. The van der Waals surface area contributed by atoms with Crippen molar-refractivity contribution in [1.82, 2.24) is 5.32 Å². The molecule has 0 radical (unpaired) electrons. The quantitative estimate of drug-likeness (QED) is 0.432. The Morgan fingerprint density at radius 1 is 1.10 bits per heavy atom. The SMILES string of the molecule is CCC(=O)N[C@H]1Cc2cccc(C(=O)OCOC(=O)c3ccccc3)c2OB1O. The van der Waals surface area contributed by atoms with Gasteiger partial charge in [-0.2, -0.15) is 0 Å². The van der Waals surface area contributed by atoms with Gasteiger partial charge in [0.15, 0.2) is 0 Å². The fourth-order valence-electron chi connectivity index (χ4n) is 2.89. The molecule has 0 saturated heterocycles. The summed E-state index contributed by atoms with van der Waals surface area (Å²) >= 11 is 0. The van der Waals surface area contributed by atoms with Gasteiger partial charge in [0.25, 0.3) is 0 Å². The van der Waals surface area contributed by atoms with E-state index < -0.39 is 31.8 Å². The minimum absolute atomic E-state index is 0.0950. The number of nitrogens with one attached hydrogen (secondary N) is 1. The first-order valence-electron chi connectivity index (χ1n) is 9.15. The molecule has 0 spiro atoms. The van der Waals surface area contributed by atoms with Crippen molar-refractivity contribution in [2.45, 2.75) is 25.7 Å². The number of hydrogen-bond acceptors (Lipinski definition) is 7. The summed E-state index contributed by atoms with van der Waals surface area (Å²) in [5.41, 5.74) is 1.08. The van der Waals surface area contributed by atoms with Crippen LogP contribution in [-0.2, 0) is 20.7 Å². The maximum absolute atomic E-state index is 12.4. The minimum Gasteiger partial charge on any atom is -0.534 e. The number of rotatable bonds is 6. The summed E-state index contributed by atoms with van der Waals surface area (Å²) in [4.78, 5) is 35.9. The highest BCUT2D eigenvalue weighted by molar-refractivity contribution is 6.47. The summed E-state index contributed by atoms with van der Waals surface area (Å²) in [5.74, 6) is -2.02. The van der Waals surface area contributed by atoms with Crippen LogP contribution in [0.3, 0.4) is 0 Å². The number of carbonyl (C=O) groups excluding carboxylic acids is 3. The minimum atomic E-state index is -1.30. The molecule has 150 valence electrons. The van der Waals surface area contributed by atoms with E-state index in [4.69, 9.17) is 14.1 Å². The molecule has 8 nitrogen and oxygen atoms in total. The molecule has 3 rings (SSSR count). The van der Waals surface area contributed by atoms with Crippen molar-refractivity contribution >= 4 is 25.0 Å². The van der Waals surface area contributed by atoms with Crippen LogP contribution in [0.2, 0.25) is 0 Å². The van der Waals surface area contributed by atoms with Crippen molar-refractivity contribution in [2.75, 3.05) is 6.79 Å². The third kappa shape index (κ3) is 4.94. The van der Waals surface area contributed by atoms with E-state index in [1.54, 1.807) is 49.4 Å². The zero-order valence-corrected chi connectivity index (χ0v) is 15.8. The van der Waals surface area contributed by atoms with Gasteiger partial charge < -0.3 is 24.5 Å². The molecule has 0 aromatic heterocycles. The summed E-state index contributed by atoms with van der Waals surface area (Å²) in [5, 5.41) is 12.9. The Morgan fingerprint density at radius 2 is 1.83 bits per heavy atom.